The van der Waals surface area contributed by atoms with Crippen molar-refractivity contribution in [2.75, 3.05) is 4.72 Å². The minimum atomic E-state index is -3.68. The van der Waals surface area contributed by atoms with Gasteiger partial charge in [-0.2, -0.15) is 4.98 Å². The van der Waals surface area contributed by atoms with Crippen molar-refractivity contribution in [2.45, 2.75) is 32.1 Å². The van der Waals surface area contributed by atoms with E-state index in [2.05, 4.69) is 14.9 Å². The monoisotopic (exact) mass is 363 g/mol. The van der Waals surface area contributed by atoms with Crippen LogP contribution in [0.15, 0.2) is 39.8 Å². The van der Waals surface area contributed by atoms with Crippen molar-refractivity contribution >= 4 is 27.0 Å². The summed E-state index contributed by atoms with van der Waals surface area (Å²) in [5.74, 6) is 0.838. The number of hydrogen-bond donors (Lipinski definition) is 1. The van der Waals surface area contributed by atoms with Gasteiger partial charge in [-0.15, -0.1) is 11.3 Å². The highest BCUT2D eigenvalue weighted by Crippen LogP contribution is 2.33. The average molecular weight is 363 g/mol. The van der Waals surface area contributed by atoms with Crippen molar-refractivity contribution in [1.82, 2.24) is 10.1 Å². The molecule has 8 heteroatoms. The molecule has 0 spiro atoms. The maximum absolute atomic E-state index is 12.7. The highest BCUT2D eigenvalue weighted by molar-refractivity contribution is 7.93. The Hall–Kier alpha value is -2.19. The molecule has 2 aromatic heterocycles. The molecule has 0 saturated heterocycles. The summed E-state index contributed by atoms with van der Waals surface area (Å²) in [6.45, 7) is 5.48. The molecule has 3 rings (SSSR count). The Morgan fingerprint density at radius 3 is 2.71 bits per heavy atom. The van der Waals surface area contributed by atoms with Crippen LogP contribution in [-0.2, 0) is 16.4 Å². The summed E-state index contributed by atoms with van der Waals surface area (Å²) in [7, 11) is -3.68. The summed E-state index contributed by atoms with van der Waals surface area (Å²) in [5, 5.41) is 3.84. The second-order valence-electron chi connectivity index (χ2n) is 5.33. The zero-order chi connectivity index (χ0) is 17.3. The molecule has 0 atom stereocenters. The van der Waals surface area contributed by atoms with Gasteiger partial charge in [0.15, 0.2) is 0 Å². The number of aromatic nitrogens is 2. The number of rotatable bonds is 5. The maximum atomic E-state index is 12.7. The van der Waals surface area contributed by atoms with Crippen LogP contribution < -0.4 is 4.72 Å². The summed E-state index contributed by atoms with van der Waals surface area (Å²) in [6.07, 6.45) is 0.842. The second kappa shape index (κ2) is 6.37. The molecule has 6 nitrogen and oxygen atoms in total. The minimum Gasteiger partial charge on any atom is -0.339 e. The van der Waals surface area contributed by atoms with Crippen LogP contribution in [0.2, 0.25) is 0 Å². The highest BCUT2D eigenvalue weighted by atomic mass is 32.2. The van der Waals surface area contributed by atoms with Crippen molar-refractivity contribution < 1.29 is 12.9 Å². The molecule has 0 amide bonds. The van der Waals surface area contributed by atoms with Crippen LogP contribution in [-0.4, -0.2) is 18.6 Å². The van der Waals surface area contributed by atoms with Gasteiger partial charge in [-0.25, -0.2) is 8.42 Å². The summed E-state index contributed by atoms with van der Waals surface area (Å²) >= 11 is 1.32. The maximum Gasteiger partial charge on any atom is 0.263 e. The van der Waals surface area contributed by atoms with E-state index >= 15 is 0 Å². The third-order valence-electron chi connectivity index (χ3n) is 3.50. The highest BCUT2D eigenvalue weighted by Gasteiger charge is 2.22. The molecular formula is C16H17N3O3S2. The Kier molecular flexibility index (Phi) is 4.42. The van der Waals surface area contributed by atoms with Gasteiger partial charge in [-0.3, -0.25) is 4.72 Å². The summed E-state index contributed by atoms with van der Waals surface area (Å²) in [6, 6.07) is 8.95. The fourth-order valence-electron chi connectivity index (χ4n) is 2.31. The smallest absolute Gasteiger partial charge is 0.263 e. The third kappa shape index (κ3) is 3.34. The molecule has 24 heavy (non-hydrogen) atoms. The standard InChI is InChI=1S/C16H17N3O3S2/c1-4-12-6-5-7-13(8-12)19-24(20,21)15-9-14(23-10(15)2)16-17-11(3)22-18-16/h5-9,19H,4H2,1-3H3. The molecule has 3 aromatic rings. The molecular weight excluding hydrogens is 346 g/mol. The molecule has 0 unspecified atom stereocenters. The van der Waals surface area contributed by atoms with Crippen LogP contribution in [0.1, 0.15) is 23.3 Å². The van der Waals surface area contributed by atoms with E-state index in [0.29, 0.717) is 27.2 Å². The van der Waals surface area contributed by atoms with Gasteiger partial charge in [0.25, 0.3) is 10.0 Å². The van der Waals surface area contributed by atoms with Crippen molar-refractivity contribution in [1.29, 1.82) is 0 Å². The first-order chi connectivity index (χ1) is 11.4. The summed E-state index contributed by atoms with van der Waals surface area (Å²) in [4.78, 5) is 5.70. The zero-order valence-corrected chi connectivity index (χ0v) is 15.2. The summed E-state index contributed by atoms with van der Waals surface area (Å²) in [5.41, 5.74) is 1.62. The molecule has 0 saturated carbocycles. The lowest BCUT2D eigenvalue weighted by Crippen LogP contribution is -2.13. The van der Waals surface area contributed by atoms with Gasteiger partial charge in [0.1, 0.15) is 4.90 Å². The van der Waals surface area contributed by atoms with Gasteiger partial charge in [0.05, 0.1) is 4.88 Å². The van der Waals surface area contributed by atoms with Gasteiger partial charge >= 0.3 is 0 Å². The van der Waals surface area contributed by atoms with Crippen molar-refractivity contribution in [3.05, 3.63) is 46.7 Å². The number of nitrogens with one attached hydrogen (secondary N) is 1. The Balaban J connectivity index is 1.93. The Morgan fingerprint density at radius 2 is 2.04 bits per heavy atom. The number of thiophene rings is 1. The van der Waals surface area contributed by atoms with Gasteiger partial charge < -0.3 is 4.52 Å². The predicted molar refractivity (Wildman–Crippen MR) is 93.7 cm³/mol. The lowest BCUT2D eigenvalue weighted by molar-refractivity contribution is 0.394. The third-order valence-corrected chi connectivity index (χ3v) is 6.18. The second-order valence-corrected chi connectivity index (χ2v) is 8.23. The molecule has 0 aliphatic carbocycles. The van der Waals surface area contributed by atoms with E-state index in [-0.39, 0.29) is 4.90 Å². The van der Waals surface area contributed by atoms with Crippen molar-refractivity contribution in [3.8, 4) is 10.7 Å². The summed E-state index contributed by atoms with van der Waals surface area (Å²) < 4.78 is 33.0. The number of nitrogens with zero attached hydrogens (tertiary/aromatic N) is 2. The molecule has 0 bridgehead atoms. The average Bonchev–Trinajstić information content (AvgIpc) is 3.13. The van der Waals surface area contributed by atoms with Crippen LogP contribution in [0.5, 0.6) is 0 Å². The molecule has 2 heterocycles. The number of hydrogen-bond acceptors (Lipinski definition) is 6. The van der Waals surface area contributed by atoms with E-state index < -0.39 is 10.0 Å². The quantitative estimate of drug-likeness (QED) is 0.746. The normalized spacial score (nSPS) is 11.6. The Labute approximate surface area is 144 Å². The van der Waals surface area contributed by atoms with Gasteiger partial charge in [0.2, 0.25) is 11.7 Å². The molecule has 0 fully saturated rings. The lowest BCUT2D eigenvalue weighted by atomic mass is 10.1. The lowest BCUT2D eigenvalue weighted by Gasteiger charge is -2.08. The number of sulfonamides is 1. The van der Waals surface area contributed by atoms with Crippen LogP contribution in [0.25, 0.3) is 10.7 Å². The van der Waals surface area contributed by atoms with Gasteiger partial charge in [-0.05, 0) is 37.1 Å². The van der Waals surface area contributed by atoms with Crippen molar-refractivity contribution in [3.63, 3.8) is 0 Å². The number of anilines is 1. The topological polar surface area (TPSA) is 85.1 Å². The molecule has 0 aliphatic rings. The first-order valence-electron chi connectivity index (χ1n) is 7.42. The number of benzene rings is 1. The fraction of sp³-hybridized carbons (Fsp3) is 0.250. The Bertz CT molecular complexity index is 974. The fourth-order valence-corrected chi connectivity index (χ4v) is 4.87. The minimum absolute atomic E-state index is 0.229. The molecule has 0 radical (unpaired) electrons. The Morgan fingerprint density at radius 1 is 1.25 bits per heavy atom. The molecule has 1 N–H and O–H groups in total. The first-order valence-corrected chi connectivity index (χ1v) is 9.72. The zero-order valence-electron chi connectivity index (χ0n) is 13.5. The van der Waals surface area contributed by atoms with Crippen LogP contribution in [0.3, 0.4) is 0 Å². The van der Waals surface area contributed by atoms with E-state index in [1.165, 1.54) is 11.3 Å². The molecule has 1 aromatic carbocycles. The van der Waals surface area contributed by atoms with E-state index in [1.54, 1.807) is 26.0 Å². The van der Waals surface area contributed by atoms with E-state index in [9.17, 15) is 8.42 Å². The van der Waals surface area contributed by atoms with E-state index in [4.69, 9.17) is 4.52 Å². The SMILES string of the molecule is CCc1cccc(NS(=O)(=O)c2cc(-c3noc(C)n3)sc2C)c1. The molecule has 0 aliphatic heterocycles. The predicted octanol–water partition coefficient (Wildman–Crippen LogP) is 3.78. The first kappa shape index (κ1) is 16.7. The van der Waals surface area contributed by atoms with Crippen LogP contribution in [0, 0.1) is 13.8 Å². The van der Waals surface area contributed by atoms with Crippen molar-refractivity contribution in [2.24, 2.45) is 0 Å². The van der Waals surface area contributed by atoms with E-state index in [1.807, 2.05) is 25.1 Å². The van der Waals surface area contributed by atoms with E-state index in [0.717, 1.165) is 12.0 Å². The number of aryl methyl sites for hydroxylation is 3. The van der Waals surface area contributed by atoms with Gasteiger partial charge in [-0.1, -0.05) is 24.2 Å². The van der Waals surface area contributed by atoms with Crippen LogP contribution in [0.4, 0.5) is 5.69 Å². The molecule has 126 valence electrons. The van der Waals surface area contributed by atoms with Gasteiger partial charge in [0, 0.05) is 17.5 Å². The largest absolute Gasteiger partial charge is 0.339 e. The van der Waals surface area contributed by atoms with Crippen LogP contribution >= 0.6 is 11.3 Å².